The largest absolute Gasteiger partial charge is 0.419 e. The van der Waals surface area contributed by atoms with Crippen LogP contribution in [0, 0.1) is 23.7 Å². The predicted molar refractivity (Wildman–Crippen MR) is 168 cm³/mol. The van der Waals surface area contributed by atoms with Crippen LogP contribution in [0.2, 0.25) is 0 Å². The number of nitrogens with one attached hydrogen (secondary N) is 2. The Morgan fingerprint density at radius 3 is 2.22 bits per heavy atom. The minimum absolute atomic E-state index is 0.0000194. The van der Waals surface area contributed by atoms with Gasteiger partial charge in [0.05, 0.1) is 11.3 Å². The van der Waals surface area contributed by atoms with Crippen molar-refractivity contribution in [2.75, 3.05) is 38.5 Å². The zero-order chi connectivity index (χ0) is 32.1. The molecule has 2 aromatic rings. The van der Waals surface area contributed by atoms with Gasteiger partial charge in [-0.25, -0.2) is 9.97 Å². The number of likely N-dealkylation sites (tertiary alicyclic amines) is 2. The Labute approximate surface area is 264 Å². The zero-order valence-electron chi connectivity index (χ0n) is 26.7. The lowest BCUT2D eigenvalue weighted by molar-refractivity contribution is -0.138. The highest BCUT2D eigenvalue weighted by Gasteiger charge is 2.39. The second kappa shape index (κ2) is 14.5. The minimum atomic E-state index is -4.61. The lowest BCUT2D eigenvalue weighted by Crippen LogP contribution is -2.39. The van der Waals surface area contributed by atoms with Crippen LogP contribution in [0.3, 0.4) is 0 Å². The third-order valence-corrected chi connectivity index (χ3v) is 9.85. The summed E-state index contributed by atoms with van der Waals surface area (Å²) in [5.74, 6) is 0.852. The van der Waals surface area contributed by atoms with E-state index in [-0.39, 0.29) is 47.8 Å². The van der Waals surface area contributed by atoms with Crippen molar-refractivity contribution in [1.29, 1.82) is 0 Å². The van der Waals surface area contributed by atoms with Gasteiger partial charge < -0.3 is 20.4 Å². The van der Waals surface area contributed by atoms with Crippen LogP contribution in [-0.4, -0.2) is 70.9 Å². The molecule has 8 nitrogen and oxygen atoms in total. The van der Waals surface area contributed by atoms with Gasteiger partial charge in [0.1, 0.15) is 0 Å². The lowest BCUT2D eigenvalue weighted by Gasteiger charge is -2.36. The Kier molecular flexibility index (Phi) is 10.7. The van der Waals surface area contributed by atoms with Crippen LogP contribution >= 0.6 is 0 Å². The van der Waals surface area contributed by atoms with Crippen LogP contribution in [0.5, 0.6) is 0 Å². The molecule has 5 rings (SSSR count). The van der Waals surface area contributed by atoms with Gasteiger partial charge >= 0.3 is 6.18 Å². The van der Waals surface area contributed by atoms with E-state index in [1.54, 1.807) is 24.3 Å². The molecule has 3 aliphatic rings. The predicted octanol–water partition coefficient (Wildman–Crippen LogP) is 6.31. The first-order chi connectivity index (χ1) is 21.5. The lowest BCUT2D eigenvalue weighted by atomic mass is 9.83. The summed E-state index contributed by atoms with van der Waals surface area (Å²) in [6.07, 6.45) is 4.25. The molecule has 2 amide bonds. The Morgan fingerprint density at radius 2 is 1.60 bits per heavy atom. The Morgan fingerprint density at radius 1 is 0.956 bits per heavy atom. The number of aromatic nitrogens is 2. The number of piperidine rings is 2. The van der Waals surface area contributed by atoms with E-state index in [1.165, 1.54) is 32.4 Å². The fourth-order valence-corrected chi connectivity index (χ4v) is 7.28. The van der Waals surface area contributed by atoms with E-state index in [2.05, 4.69) is 32.5 Å². The number of hydrogen-bond donors (Lipinski definition) is 2. The van der Waals surface area contributed by atoms with Crippen molar-refractivity contribution in [3.8, 4) is 0 Å². The number of benzene rings is 1. The summed E-state index contributed by atoms with van der Waals surface area (Å²) in [4.78, 5) is 38.5. The van der Waals surface area contributed by atoms with E-state index in [0.717, 1.165) is 44.5 Å². The molecule has 11 heteroatoms. The Balaban J connectivity index is 1.19. The van der Waals surface area contributed by atoms with Gasteiger partial charge in [-0.1, -0.05) is 6.42 Å². The highest BCUT2D eigenvalue weighted by atomic mass is 19.4. The van der Waals surface area contributed by atoms with Crippen LogP contribution < -0.4 is 10.6 Å². The average molecular weight is 629 g/mol. The first-order valence-electron chi connectivity index (χ1n) is 16.5. The smallest absolute Gasteiger partial charge is 0.354 e. The van der Waals surface area contributed by atoms with Crippen molar-refractivity contribution in [3.63, 3.8) is 0 Å². The van der Waals surface area contributed by atoms with Crippen molar-refractivity contribution in [2.24, 2.45) is 23.7 Å². The number of amides is 2. The second-order valence-corrected chi connectivity index (χ2v) is 13.6. The molecule has 0 bridgehead atoms. The maximum atomic E-state index is 13.9. The van der Waals surface area contributed by atoms with Crippen LogP contribution in [0.4, 0.5) is 24.8 Å². The van der Waals surface area contributed by atoms with Gasteiger partial charge in [-0.15, -0.1) is 0 Å². The van der Waals surface area contributed by atoms with Crippen molar-refractivity contribution in [3.05, 3.63) is 47.3 Å². The number of anilines is 2. The second-order valence-electron chi connectivity index (χ2n) is 13.6. The SMILES string of the molecule is CC(C)NC(=O)[C@H]1CCC[C@H]1Cc1nc(Nc2ccc(C(=O)N3CCC(CC4CCN(C)CC4)CC3)cc2)ncc1C(F)(F)F. The van der Waals surface area contributed by atoms with Crippen LogP contribution in [0.25, 0.3) is 0 Å². The van der Waals surface area contributed by atoms with Gasteiger partial charge in [0.25, 0.3) is 5.91 Å². The average Bonchev–Trinajstić information content (AvgIpc) is 3.46. The Hall–Kier alpha value is -3.21. The number of carbonyl (C=O) groups excluding carboxylic acids is 2. The molecule has 45 heavy (non-hydrogen) atoms. The zero-order valence-corrected chi connectivity index (χ0v) is 26.7. The number of carbonyl (C=O) groups is 2. The van der Waals surface area contributed by atoms with Crippen molar-refractivity contribution < 1.29 is 22.8 Å². The van der Waals surface area contributed by atoms with E-state index in [9.17, 15) is 22.8 Å². The molecule has 3 heterocycles. The third-order valence-electron chi connectivity index (χ3n) is 9.85. The third kappa shape index (κ3) is 8.74. The van der Waals surface area contributed by atoms with E-state index >= 15 is 0 Å². The van der Waals surface area contributed by atoms with Gasteiger partial charge in [0.15, 0.2) is 0 Å². The van der Waals surface area contributed by atoms with Crippen molar-refractivity contribution in [1.82, 2.24) is 25.1 Å². The number of rotatable bonds is 9. The van der Waals surface area contributed by atoms with E-state index < -0.39 is 11.7 Å². The molecule has 1 aliphatic carbocycles. The summed E-state index contributed by atoms with van der Waals surface area (Å²) in [5.41, 5.74) is 0.166. The minimum Gasteiger partial charge on any atom is -0.354 e. The number of alkyl halides is 3. The summed E-state index contributed by atoms with van der Waals surface area (Å²) in [6.45, 7) is 7.62. The summed E-state index contributed by atoms with van der Waals surface area (Å²) >= 11 is 0. The van der Waals surface area contributed by atoms with E-state index in [0.29, 0.717) is 30.0 Å². The topological polar surface area (TPSA) is 90.5 Å². The summed E-state index contributed by atoms with van der Waals surface area (Å²) in [7, 11) is 2.19. The first kappa shape index (κ1) is 33.2. The van der Waals surface area contributed by atoms with Gasteiger partial charge in [0, 0.05) is 42.5 Å². The molecule has 0 radical (unpaired) electrons. The number of halogens is 3. The summed E-state index contributed by atoms with van der Waals surface area (Å²) < 4.78 is 41.7. The molecule has 2 atom stereocenters. The maximum Gasteiger partial charge on any atom is 0.419 e. The van der Waals surface area contributed by atoms with Crippen molar-refractivity contribution >= 4 is 23.5 Å². The maximum absolute atomic E-state index is 13.9. The van der Waals surface area contributed by atoms with Crippen LogP contribution in [-0.2, 0) is 17.4 Å². The van der Waals surface area contributed by atoms with Crippen LogP contribution in [0.1, 0.15) is 86.8 Å². The fraction of sp³-hybridized carbons (Fsp3) is 0.647. The van der Waals surface area contributed by atoms with Gasteiger partial charge in [-0.2, -0.15) is 13.2 Å². The van der Waals surface area contributed by atoms with Gasteiger partial charge in [0.2, 0.25) is 11.9 Å². The first-order valence-corrected chi connectivity index (χ1v) is 16.5. The highest BCUT2D eigenvalue weighted by Crippen LogP contribution is 2.38. The van der Waals surface area contributed by atoms with Crippen molar-refractivity contribution in [2.45, 2.75) is 83.9 Å². The van der Waals surface area contributed by atoms with Gasteiger partial charge in [-0.3, -0.25) is 9.59 Å². The van der Waals surface area contributed by atoms with E-state index in [1.807, 2.05) is 18.7 Å². The highest BCUT2D eigenvalue weighted by molar-refractivity contribution is 5.94. The molecule has 246 valence electrons. The molecular weight excluding hydrogens is 581 g/mol. The fourth-order valence-electron chi connectivity index (χ4n) is 7.28. The van der Waals surface area contributed by atoms with Gasteiger partial charge in [-0.05, 0) is 127 Å². The summed E-state index contributed by atoms with van der Waals surface area (Å²) in [6, 6.07) is 6.88. The number of hydrogen-bond acceptors (Lipinski definition) is 6. The van der Waals surface area contributed by atoms with E-state index in [4.69, 9.17) is 0 Å². The molecule has 2 N–H and O–H groups in total. The quantitative estimate of drug-likeness (QED) is 0.339. The van der Waals surface area contributed by atoms with Crippen LogP contribution in [0.15, 0.2) is 30.5 Å². The molecule has 0 spiro atoms. The standard InChI is InChI=1S/C34H47F3N6O2/c1-22(2)39-31(44)28-6-4-5-26(28)20-30-29(34(35,36)37)21-38-33(41-30)40-27-9-7-25(8-10-27)32(45)43-17-13-24(14-18-43)19-23-11-15-42(3)16-12-23/h7-10,21-24,26,28H,4-6,11-20H2,1-3H3,(H,39,44)(H,38,40,41)/t26-,28-/m0/s1. The molecular formula is C34H47F3N6O2. The molecule has 1 saturated carbocycles. The monoisotopic (exact) mass is 628 g/mol. The molecule has 2 saturated heterocycles. The number of nitrogens with zero attached hydrogens (tertiary/aromatic N) is 4. The molecule has 1 aromatic carbocycles. The molecule has 0 unspecified atom stereocenters. The molecule has 2 aliphatic heterocycles. The molecule has 1 aromatic heterocycles. The molecule has 3 fully saturated rings. The Bertz CT molecular complexity index is 1300. The normalized spacial score (nSPS) is 22.2. The summed E-state index contributed by atoms with van der Waals surface area (Å²) in [5, 5.41) is 5.91.